The van der Waals surface area contributed by atoms with Gasteiger partial charge < -0.3 is 24.8 Å². The summed E-state index contributed by atoms with van der Waals surface area (Å²) in [5.41, 5.74) is 1.55. The third-order valence-corrected chi connectivity index (χ3v) is 3.56. The summed E-state index contributed by atoms with van der Waals surface area (Å²) in [6.45, 7) is 6.05. The lowest BCUT2D eigenvalue weighted by molar-refractivity contribution is -0.114. The molecule has 2 N–H and O–H groups in total. The molecule has 0 unspecified atom stereocenters. The van der Waals surface area contributed by atoms with Crippen molar-refractivity contribution >= 4 is 17.3 Å². The van der Waals surface area contributed by atoms with E-state index in [1.54, 1.807) is 13.2 Å². The van der Waals surface area contributed by atoms with Crippen LogP contribution in [0.4, 0.5) is 11.4 Å². The summed E-state index contributed by atoms with van der Waals surface area (Å²) in [6, 6.07) is 14.9. The predicted octanol–water partition coefficient (Wildman–Crippen LogP) is 3.80. The minimum atomic E-state index is -0.135. The van der Waals surface area contributed by atoms with E-state index in [1.165, 1.54) is 0 Å². The van der Waals surface area contributed by atoms with Gasteiger partial charge in [-0.05, 0) is 42.3 Å². The van der Waals surface area contributed by atoms with Crippen molar-refractivity contribution in [1.29, 1.82) is 0 Å². The molecule has 0 saturated heterocycles. The lowest BCUT2D eigenvalue weighted by atomic mass is 10.2. The Morgan fingerprint density at radius 2 is 1.74 bits per heavy atom. The average molecular weight is 372 g/mol. The summed E-state index contributed by atoms with van der Waals surface area (Å²) in [5.74, 6) is 1.86. The molecule has 0 atom stereocenters. The first-order valence-corrected chi connectivity index (χ1v) is 9.05. The van der Waals surface area contributed by atoms with Crippen molar-refractivity contribution in [3.8, 4) is 11.5 Å². The van der Waals surface area contributed by atoms with E-state index in [0.29, 0.717) is 37.2 Å². The Morgan fingerprint density at radius 3 is 2.44 bits per heavy atom. The van der Waals surface area contributed by atoms with Gasteiger partial charge in [0, 0.05) is 24.6 Å². The molecule has 27 heavy (non-hydrogen) atoms. The summed E-state index contributed by atoms with van der Waals surface area (Å²) >= 11 is 0. The average Bonchev–Trinajstić information content (AvgIpc) is 2.66. The fraction of sp³-hybridized carbons (Fsp3) is 0.381. The molecule has 0 aliphatic carbocycles. The van der Waals surface area contributed by atoms with Crippen molar-refractivity contribution in [3.63, 3.8) is 0 Å². The molecule has 0 aliphatic heterocycles. The highest BCUT2D eigenvalue weighted by atomic mass is 16.5. The molecule has 0 aromatic heterocycles. The zero-order chi connectivity index (χ0) is 19.5. The van der Waals surface area contributed by atoms with Gasteiger partial charge in [0.1, 0.15) is 18.1 Å². The molecule has 0 heterocycles. The van der Waals surface area contributed by atoms with E-state index in [0.717, 1.165) is 11.4 Å². The highest BCUT2D eigenvalue weighted by Crippen LogP contribution is 2.18. The van der Waals surface area contributed by atoms with Gasteiger partial charge in [-0.1, -0.05) is 19.9 Å². The van der Waals surface area contributed by atoms with Gasteiger partial charge in [-0.3, -0.25) is 4.79 Å². The van der Waals surface area contributed by atoms with Crippen LogP contribution in [-0.4, -0.2) is 39.4 Å². The maximum atomic E-state index is 12.1. The van der Waals surface area contributed by atoms with Crippen molar-refractivity contribution < 1.29 is 19.0 Å². The van der Waals surface area contributed by atoms with E-state index in [9.17, 15) is 4.79 Å². The summed E-state index contributed by atoms with van der Waals surface area (Å²) in [5, 5.41) is 5.95. The lowest BCUT2D eigenvalue weighted by Gasteiger charge is -2.11. The number of carbonyl (C=O) groups excluding carboxylic acids is 1. The molecule has 0 aliphatic rings. The van der Waals surface area contributed by atoms with Crippen molar-refractivity contribution in [2.24, 2.45) is 5.92 Å². The van der Waals surface area contributed by atoms with E-state index in [-0.39, 0.29) is 12.5 Å². The van der Waals surface area contributed by atoms with Crippen molar-refractivity contribution in [1.82, 2.24) is 0 Å². The highest BCUT2D eigenvalue weighted by molar-refractivity contribution is 5.93. The summed E-state index contributed by atoms with van der Waals surface area (Å²) in [7, 11) is 1.62. The Kier molecular flexibility index (Phi) is 8.45. The van der Waals surface area contributed by atoms with Crippen molar-refractivity contribution in [2.45, 2.75) is 13.8 Å². The van der Waals surface area contributed by atoms with Gasteiger partial charge in [0.2, 0.25) is 5.91 Å². The first-order chi connectivity index (χ1) is 13.1. The first kappa shape index (κ1) is 20.6. The third-order valence-electron chi connectivity index (χ3n) is 3.56. The lowest BCUT2D eigenvalue weighted by Crippen LogP contribution is -2.21. The second kappa shape index (κ2) is 11.1. The Labute approximate surface area is 160 Å². The Morgan fingerprint density at radius 1 is 0.963 bits per heavy atom. The van der Waals surface area contributed by atoms with Gasteiger partial charge in [-0.2, -0.15) is 0 Å². The number of hydrogen-bond donors (Lipinski definition) is 2. The van der Waals surface area contributed by atoms with E-state index >= 15 is 0 Å². The second-order valence-corrected chi connectivity index (χ2v) is 6.50. The van der Waals surface area contributed by atoms with Crippen LogP contribution in [0.1, 0.15) is 13.8 Å². The quantitative estimate of drug-likeness (QED) is 0.587. The maximum Gasteiger partial charge on any atom is 0.243 e. The van der Waals surface area contributed by atoms with Crippen molar-refractivity contribution in [3.05, 3.63) is 48.5 Å². The van der Waals surface area contributed by atoms with Crippen LogP contribution in [0.25, 0.3) is 0 Å². The molecule has 0 fully saturated rings. The molecule has 0 saturated carbocycles. The van der Waals surface area contributed by atoms with Gasteiger partial charge in [0.15, 0.2) is 0 Å². The number of nitrogens with one attached hydrogen (secondary N) is 2. The molecule has 146 valence electrons. The van der Waals surface area contributed by atoms with Crippen LogP contribution in [0.3, 0.4) is 0 Å². The fourth-order valence-corrected chi connectivity index (χ4v) is 2.23. The van der Waals surface area contributed by atoms with Gasteiger partial charge >= 0.3 is 0 Å². The number of benzene rings is 2. The van der Waals surface area contributed by atoms with Gasteiger partial charge in [-0.25, -0.2) is 0 Å². The molecular weight excluding hydrogens is 344 g/mol. The van der Waals surface area contributed by atoms with Crippen LogP contribution in [0.2, 0.25) is 0 Å². The molecule has 1 amide bonds. The molecule has 6 heteroatoms. The third kappa shape index (κ3) is 8.00. The van der Waals surface area contributed by atoms with Gasteiger partial charge in [-0.15, -0.1) is 0 Å². The van der Waals surface area contributed by atoms with Crippen LogP contribution < -0.4 is 20.1 Å². The van der Waals surface area contributed by atoms with E-state index < -0.39 is 0 Å². The monoisotopic (exact) mass is 372 g/mol. The number of rotatable bonds is 11. The van der Waals surface area contributed by atoms with Crippen LogP contribution >= 0.6 is 0 Å². The number of hydrogen-bond acceptors (Lipinski definition) is 5. The van der Waals surface area contributed by atoms with Crippen molar-refractivity contribution in [2.75, 3.05) is 44.1 Å². The summed E-state index contributed by atoms with van der Waals surface area (Å²) in [4.78, 5) is 12.1. The van der Waals surface area contributed by atoms with E-state index in [1.807, 2.05) is 42.5 Å². The molecule has 0 spiro atoms. The zero-order valence-electron chi connectivity index (χ0n) is 16.2. The molecule has 2 aromatic rings. The minimum Gasteiger partial charge on any atom is -0.493 e. The molecule has 0 radical (unpaired) electrons. The van der Waals surface area contributed by atoms with Gasteiger partial charge in [0.25, 0.3) is 0 Å². The normalized spacial score (nSPS) is 10.5. The van der Waals surface area contributed by atoms with Crippen LogP contribution in [0, 0.1) is 5.92 Å². The molecule has 6 nitrogen and oxygen atoms in total. The standard InChI is InChI=1S/C21H28N2O4/c1-16(2)15-27-19-9-7-17(8-10-19)22-14-21(24)23-18-5-4-6-20(13-18)26-12-11-25-3/h4-10,13,16,22H,11-12,14-15H2,1-3H3,(H,23,24). The predicted molar refractivity (Wildman–Crippen MR) is 108 cm³/mol. The van der Waals surface area contributed by atoms with Crippen LogP contribution in [0.5, 0.6) is 11.5 Å². The van der Waals surface area contributed by atoms with Crippen LogP contribution in [-0.2, 0) is 9.53 Å². The number of amides is 1. The zero-order valence-corrected chi connectivity index (χ0v) is 16.2. The second-order valence-electron chi connectivity index (χ2n) is 6.50. The van der Waals surface area contributed by atoms with E-state index in [4.69, 9.17) is 14.2 Å². The minimum absolute atomic E-state index is 0.135. The number of anilines is 2. The SMILES string of the molecule is COCCOc1cccc(NC(=O)CNc2ccc(OCC(C)C)cc2)c1. The maximum absolute atomic E-state index is 12.1. The summed E-state index contributed by atoms with van der Waals surface area (Å²) < 4.78 is 16.1. The Balaban J connectivity index is 1.78. The molecule has 2 aromatic carbocycles. The smallest absolute Gasteiger partial charge is 0.243 e. The Hall–Kier alpha value is -2.73. The largest absolute Gasteiger partial charge is 0.493 e. The van der Waals surface area contributed by atoms with E-state index in [2.05, 4.69) is 24.5 Å². The Bertz CT molecular complexity index is 702. The first-order valence-electron chi connectivity index (χ1n) is 9.05. The number of carbonyl (C=O) groups is 1. The molecular formula is C21H28N2O4. The van der Waals surface area contributed by atoms with Gasteiger partial charge in [0.05, 0.1) is 19.8 Å². The number of methoxy groups -OCH3 is 1. The number of ether oxygens (including phenoxy) is 3. The van der Waals surface area contributed by atoms with Crippen LogP contribution in [0.15, 0.2) is 48.5 Å². The summed E-state index contributed by atoms with van der Waals surface area (Å²) in [6.07, 6.45) is 0. The fourth-order valence-electron chi connectivity index (χ4n) is 2.23. The molecule has 2 rings (SSSR count). The topological polar surface area (TPSA) is 68.8 Å². The molecule has 0 bridgehead atoms. The highest BCUT2D eigenvalue weighted by Gasteiger charge is 2.04.